The summed E-state index contributed by atoms with van der Waals surface area (Å²) in [6.45, 7) is -0.422. The van der Waals surface area contributed by atoms with E-state index in [4.69, 9.17) is 20.8 Å². The Morgan fingerprint density at radius 1 is 1.03 bits per heavy atom. The molecule has 0 radical (unpaired) electrons. The van der Waals surface area contributed by atoms with Gasteiger partial charge in [-0.15, -0.1) is 0 Å². The number of amides is 1. The van der Waals surface area contributed by atoms with Crippen molar-refractivity contribution in [2.24, 2.45) is 0 Å². The molecule has 2 heterocycles. The second-order valence-corrected chi connectivity index (χ2v) is 6.62. The minimum absolute atomic E-state index is 0.307. The molecule has 144 valence electrons. The molecule has 6 nitrogen and oxygen atoms in total. The predicted octanol–water partition coefficient (Wildman–Crippen LogP) is 4.94. The molecule has 0 saturated carbocycles. The van der Waals surface area contributed by atoms with Crippen LogP contribution in [0.5, 0.6) is 0 Å². The number of ether oxygens (including phenoxy) is 1. The first kappa shape index (κ1) is 18.7. The molecule has 0 unspecified atom stereocenters. The fraction of sp³-hybridized carbons (Fsp3) is 0.0455. The Kier molecular flexibility index (Phi) is 5.27. The van der Waals surface area contributed by atoms with Crippen LogP contribution >= 0.6 is 11.6 Å². The van der Waals surface area contributed by atoms with E-state index in [1.54, 1.807) is 60.7 Å². The summed E-state index contributed by atoms with van der Waals surface area (Å²) in [5.41, 5.74) is 2.00. The molecular formula is C22H15ClN2O4. The third-order valence-electron chi connectivity index (χ3n) is 4.17. The third-order valence-corrected chi connectivity index (χ3v) is 4.42. The highest BCUT2D eigenvalue weighted by atomic mass is 35.5. The van der Waals surface area contributed by atoms with E-state index in [0.717, 1.165) is 0 Å². The monoisotopic (exact) mass is 406 g/mol. The van der Waals surface area contributed by atoms with Crippen molar-refractivity contribution in [3.63, 3.8) is 0 Å². The van der Waals surface area contributed by atoms with Gasteiger partial charge in [-0.25, -0.2) is 9.78 Å². The highest BCUT2D eigenvalue weighted by Crippen LogP contribution is 2.25. The standard InChI is InChI=1S/C22H15ClN2O4/c23-14-7-9-15(10-8-14)24-21(26)13-29-22(27)17-12-19(20-6-3-11-28-20)25-18-5-2-1-4-16(17)18/h1-12H,13H2,(H,24,26). The lowest BCUT2D eigenvalue weighted by atomic mass is 10.1. The highest BCUT2D eigenvalue weighted by molar-refractivity contribution is 6.30. The van der Waals surface area contributed by atoms with E-state index in [0.29, 0.717) is 38.6 Å². The molecule has 7 heteroatoms. The number of pyridine rings is 1. The number of furan rings is 1. The number of benzene rings is 2. The molecule has 1 amide bonds. The van der Waals surface area contributed by atoms with Crippen molar-refractivity contribution in [2.45, 2.75) is 0 Å². The molecule has 2 aromatic heterocycles. The summed E-state index contributed by atoms with van der Waals surface area (Å²) >= 11 is 5.82. The Labute approximate surface area is 171 Å². The molecule has 4 aromatic rings. The van der Waals surface area contributed by atoms with E-state index in [1.807, 2.05) is 6.07 Å². The number of hydrogen-bond donors (Lipinski definition) is 1. The number of nitrogens with one attached hydrogen (secondary N) is 1. The maximum absolute atomic E-state index is 12.7. The molecule has 2 aromatic carbocycles. The molecule has 1 N–H and O–H groups in total. The van der Waals surface area contributed by atoms with Crippen molar-refractivity contribution in [1.82, 2.24) is 4.98 Å². The SMILES string of the molecule is O=C(COC(=O)c1cc(-c2ccco2)nc2ccccc12)Nc1ccc(Cl)cc1. The summed E-state index contributed by atoms with van der Waals surface area (Å²) in [7, 11) is 0. The number of carbonyl (C=O) groups excluding carboxylic acids is 2. The second kappa shape index (κ2) is 8.16. The maximum atomic E-state index is 12.7. The van der Waals surface area contributed by atoms with Crippen molar-refractivity contribution in [1.29, 1.82) is 0 Å². The van der Waals surface area contributed by atoms with E-state index in [2.05, 4.69) is 10.3 Å². The van der Waals surface area contributed by atoms with Gasteiger partial charge in [0.1, 0.15) is 5.69 Å². The minimum atomic E-state index is -0.623. The third kappa shape index (κ3) is 4.28. The fourth-order valence-corrected chi connectivity index (χ4v) is 2.96. The van der Waals surface area contributed by atoms with Crippen LogP contribution in [0.3, 0.4) is 0 Å². The molecule has 0 spiro atoms. The van der Waals surface area contributed by atoms with E-state index >= 15 is 0 Å². The van der Waals surface area contributed by atoms with E-state index in [9.17, 15) is 9.59 Å². The summed E-state index contributed by atoms with van der Waals surface area (Å²) in [6.07, 6.45) is 1.53. The number of nitrogens with zero attached hydrogens (tertiary/aromatic N) is 1. The number of carbonyl (C=O) groups is 2. The van der Waals surface area contributed by atoms with Crippen LogP contribution in [-0.4, -0.2) is 23.5 Å². The van der Waals surface area contributed by atoms with Gasteiger partial charge in [0.05, 0.1) is 17.3 Å². The smallest absolute Gasteiger partial charge is 0.339 e. The topological polar surface area (TPSA) is 81.4 Å². The molecule has 0 bridgehead atoms. The molecule has 0 aliphatic rings. The largest absolute Gasteiger partial charge is 0.463 e. The number of hydrogen-bond acceptors (Lipinski definition) is 5. The van der Waals surface area contributed by atoms with Gasteiger partial charge in [0, 0.05) is 16.1 Å². The predicted molar refractivity (Wildman–Crippen MR) is 110 cm³/mol. The highest BCUT2D eigenvalue weighted by Gasteiger charge is 2.17. The zero-order valence-corrected chi connectivity index (χ0v) is 15.8. The summed E-state index contributed by atoms with van der Waals surface area (Å²) in [5, 5.41) is 3.84. The molecule has 0 atom stereocenters. The van der Waals surface area contributed by atoms with Crippen LogP contribution in [0, 0.1) is 0 Å². The lowest BCUT2D eigenvalue weighted by molar-refractivity contribution is -0.119. The molecule has 29 heavy (non-hydrogen) atoms. The van der Waals surface area contributed by atoms with Crippen LogP contribution in [0.2, 0.25) is 5.02 Å². The fourth-order valence-electron chi connectivity index (χ4n) is 2.83. The van der Waals surface area contributed by atoms with Crippen LogP contribution < -0.4 is 5.32 Å². The van der Waals surface area contributed by atoms with Gasteiger partial charge >= 0.3 is 5.97 Å². The average Bonchev–Trinajstić information content (AvgIpc) is 3.28. The van der Waals surface area contributed by atoms with Gasteiger partial charge in [-0.2, -0.15) is 0 Å². The summed E-state index contributed by atoms with van der Waals surface area (Å²) < 4.78 is 10.6. The quantitative estimate of drug-likeness (QED) is 0.474. The Morgan fingerprint density at radius 3 is 2.59 bits per heavy atom. The van der Waals surface area contributed by atoms with Crippen molar-refractivity contribution < 1.29 is 18.7 Å². The van der Waals surface area contributed by atoms with Gasteiger partial charge < -0.3 is 14.5 Å². The first-order valence-corrected chi connectivity index (χ1v) is 9.14. The van der Waals surface area contributed by atoms with E-state index in [1.165, 1.54) is 6.26 Å². The minimum Gasteiger partial charge on any atom is -0.463 e. The maximum Gasteiger partial charge on any atom is 0.339 e. The zero-order chi connectivity index (χ0) is 20.2. The first-order chi connectivity index (χ1) is 14.1. The van der Waals surface area contributed by atoms with Crippen molar-refractivity contribution in [2.75, 3.05) is 11.9 Å². The van der Waals surface area contributed by atoms with Crippen LogP contribution in [0.4, 0.5) is 5.69 Å². The number of fused-ring (bicyclic) bond motifs is 1. The van der Waals surface area contributed by atoms with Crippen LogP contribution in [-0.2, 0) is 9.53 Å². The number of rotatable bonds is 5. The second-order valence-electron chi connectivity index (χ2n) is 6.18. The zero-order valence-electron chi connectivity index (χ0n) is 15.1. The summed E-state index contributed by atoms with van der Waals surface area (Å²) in [6, 6.07) is 18.9. The lowest BCUT2D eigenvalue weighted by Gasteiger charge is -2.10. The van der Waals surface area contributed by atoms with Gasteiger partial charge in [-0.1, -0.05) is 29.8 Å². The van der Waals surface area contributed by atoms with Gasteiger partial charge in [-0.05, 0) is 48.5 Å². The first-order valence-electron chi connectivity index (χ1n) is 8.76. The van der Waals surface area contributed by atoms with Crippen molar-refractivity contribution in [3.8, 4) is 11.5 Å². The number of para-hydroxylation sites is 1. The number of esters is 1. The number of aromatic nitrogens is 1. The molecule has 0 saturated heterocycles. The van der Waals surface area contributed by atoms with Crippen LogP contribution in [0.25, 0.3) is 22.4 Å². The van der Waals surface area contributed by atoms with Crippen LogP contribution in [0.1, 0.15) is 10.4 Å². The lowest BCUT2D eigenvalue weighted by Crippen LogP contribution is -2.21. The average molecular weight is 407 g/mol. The Hall–Kier alpha value is -3.64. The van der Waals surface area contributed by atoms with Gasteiger partial charge in [-0.3, -0.25) is 4.79 Å². The molecule has 0 aliphatic carbocycles. The van der Waals surface area contributed by atoms with Gasteiger partial charge in [0.25, 0.3) is 5.91 Å². The summed E-state index contributed by atoms with van der Waals surface area (Å²) in [5.74, 6) is -0.543. The number of anilines is 1. The molecule has 4 rings (SSSR count). The van der Waals surface area contributed by atoms with E-state index in [-0.39, 0.29) is 0 Å². The van der Waals surface area contributed by atoms with Gasteiger partial charge in [0.15, 0.2) is 12.4 Å². The molecular weight excluding hydrogens is 392 g/mol. The van der Waals surface area contributed by atoms with Crippen LogP contribution in [0.15, 0.2) is 77.4 Å². The van der Waals surface area contributed by atoms with Gasteiger partial charge in [0.2, 0.25) is 0 Å². The van der Waals surface area contributed by atoms with Crippen molar-refractivity contribution >= 4 is 40.1 Å². The van der Waals surface area contributed by atoms with E-state index < -0.39 is 18.5 Å². The van der Waals surface area contributed by atoms with Crippen molar-refractivity contribution in [3.05, 3.63) is 83.6 Å². The number of halogens is 1. The summed E-state index contributed by atoms with van der Waals surface area (Å²) in [4.78, 5) is 29.3. The normalized spacial score (nSPS) is 10.7. The molecule has 0 fully saturated rings. The molecule has 0 aliphatic heterocycles. The Balaban J connectivity index is 1.53. The Morgan fingerprint density at radius 2 is 1.83 bits per heavy atom. The Bertz CT molecular complexity index is 1170.